The van der Waals surface area contributed by atoms with Crippen LogP contribution in [0.25, 0.3) is 6.08 Å². The van der Waals surface area contributed by atoms with E-state index in [2.05, 4.69) is 11.4 Å². The lowest BCUT2D eigenvalue weighted by molar-refractivity contribution is -0.116. The quantitative estimate of drug-likeness (QED) is 0.794. The summed E-state index contributed by atoms with van der Waals surface area (Å²) in [5, 5.41) is 2.89. The van der Waals surface area contributed by atoms with Crippen molar-refractivity contribution in [2.24, 2.45) is 0 Å². The minimum atomic E-state index is -0.132. The van der Waals surface area contributed by atoms with Gasteiger partial charge in [-0.25, -0.2) is 0 Å². The number of rotatable bonds is 7. The maximum Gasteiger partial charge on any atom is 0.244 e. The van der Waals surface area contributed by atoms with Crippen molar-refractivity contribution < 1.29 is 14.3 Å². The lowest BCUT2D eigenvalue weighted by Gasteiger charge is -2.09. The number of hydrogen-bond acceptors (Lipinski definition) is 3. The van der Waals surface area contributed by atoms with E-state index in [4.69, 9.17) is 9.47 Å². The topological polar surface area (TPSA) is 47.6 Å². The molecule has 2 rings (SSSR count). The predicted molar refractivity (Wildman–Crippen MR) is 96.5 cm³/mol. The Morgan fingerprint density at radius 1 is 1.08 bits per heavy atom. The van der Waals surface area contributed by atoms with Crippen molar-refractivity contribution in [3.63, 3.8) is 0 Å². The zero-order valence-electron chi connectivity index (χ0n) is 14.3. The summed E-state index contributed by atoms with van der Waals surface area (Å²) in [4.78, 5) is 12.0. The van der Waals surface area contributed by atoms with Crippen molar-refractivity contribution in [1.82, 2.24) is 5.32 Å². The van der Waals surface area contributed by atoms with E-state index >= 15 is 0 Å². The van der Waals surface area contributed by atoms with Gasteiger partial charge in [0.1, 0.15) is 11.5 Å². The van der Waals surface area contributed by atoms with E-state index in [9.17, 15) is 4.79 Å². The van der Waals surface area contributed by atoms with Crippen LogP contribution in [0.3, 0.4) is 0 Å². The average Bonchev–Trinajstić information content (AvgIpc) is 2.60. The van der Waals surface area contributed by atoms with E-state index in [-0.39, 0.29) is 5.91 Å². The van der Waals surface area contributed by atoms with Crippen molar-refractivity contribution in [3.8, 4) is 11.5 Å². The van der Waals surface area contributed by atoms with Gasteiger partial charge in [-0.2, -0.15) is 0 Å². The van der Waals surface area contributed by atoms with Crippen molar-refractivity contribution in [2.45, 2.75) is 13.3 Å². The first kappa shape index (κ1) is 17.6. The third-order valence-electron chi connectivity index (χ3n) is 3.68. The predicted octanol–water partition coefficient (Wildman–Crippen LogP) is 3.38. The number of methoxy groups -OCH3 is 2. The van der Waals surface area contributed by atoms with Crippen LogP contribution < -0.4 is 14.8 Å². The molecule has 1 N–H and O–H groups in total. The molecule has 0 fully saturated rings. The van der Waals surface area contributed by atoms with E-state index < -0.39 is 0 Å². The number of carbonyl (C=O) groups is 1. The third-order valence-corrected chi connectivity index (χ3v) is 3.68. The van der Waals surface area contributed by atoms with Gasteiger partial charge in [0.25, 0.3) is 0 Å². The van der Waals surface area contributed by atoms with Crippen molar-refractivity contribution >= 4 is 12.0 Å². The molecule has 0 unspecified atom stereocenters. The van der Waals surface area contributed by atoms with Crippen molar-refractivity contribution in [1.29, 1.82) is 0 Å². The molecule has 4 nitrogen and oxygen atoms in total. The fourth-order valence-corrected chi connectivity index (χ4v) is 2.45. The molecular formula is C20H23NO3. The minimum Gasteiger partial charge on any atom is -0.496 e. The highest BCUT2D eigenvalue weighted by Gasteiger charge is 2.04. The molecule has 0 saturated carbocycles. The Balaban J connectivity index is 1.90. The molecule has 0 heterocycles. The third kappa shape index (κ3) is 4.88. The molecule has 0 spiro atoms. The fraction of sp³-hybridized carbons (Fsp3) is 0.250. The Labute approximate surface area is 143 Å². The second kappa shape index (κ2) is 8.77. The minimum absolute atomic E-state index is 0.132. The molecule has 0 aliphatic heterocycles. The Bertz CT molecular complexity index is 723. The van der Waals surface area contributed by atoms with Gasteiger partial charge in [-0.15, -0.1) is 0 Å². The van der Waals surface area contributed by atoms with Crippen LogP contribution in [-0.4, -0.2) is 26.7 Å². The van der Waals surface area contributed by atoms with E-state index in [1.54, 1.807) is 20.3 Å². The largest absolute Gasteiger partial charge is 0.496 e. The van der Waals surface area contributed by atoms with Crippen LogP contribution in [0.15, 0.2) is 48.5 Å². The molecule has 0 saturated heterocycles. The van der Waals surface area contributed by atoms with Crippen LogP contribution in [0.5, 0.6) is 11.5 Å². The van der Waals surface area contributed by atoms with Crippen molar-refractivity contribution in [3.05, 3.63) is 65.2 Å². The Kier molecular flexibility index (Phi) is 6.43. The number of ether oxygens (including phenoxy) is 2. The number of hydrogen-bond donors (Lipinski definition) is 1. The zero-order chi connectivity index (χ0) is 17.4. The molecule has 2 aromatic carbocycles. The van der Waals surface area contributed by atoms with E-state index in [0.29, 0.717) is 6.54 Å². The maximum atomic E-state index is 12.0. The van der Waals surface area contributed by atoms with Crippen LogP contribution in [-0.2, 0) is 11.2 Å². The van der Waals surface area contributed by atoms with E-state index in [0.717, 1.165) is 29.0 Å². The van der Waals surface area contributed by atoms with E-state index in [1.807, 2.05) is 43.3 Å². The molecule has 126 valence electrons. The lowest BCUT2D eigenvalue weighted by Crippen LogP contribution is -2.23. The van der Waals surface area contributed by atoms with Gasteiger partial charge in [0.05, 0.1) is 14.2 Å². The summed E-state index contributed by atoms with van der Waals surface area (Å²) < 4.78 is 10.6. The highest BCUT2D eigenvalue weighted by atomic mass is 16.5. The van der Waals surface area contributed by atoms with Crippen LogP contribution in [0.4, 0.5) is 0 Å². The molecule has 0 aromatic heterocycles. The average molecular weight is 325 g/mol. The van der Waals surface area contributed by atoms with Gasteiger partial charge in [-0.1, -0.05) is 35.9 Å². The Morgan fingerprint density at radius 2 is 1.83 bits per heavy atom. The Hall–Kier alpha value is -2.75. The number of nitrogens with one attached hydrogen (secondary N) is 1. The molecule has 0 atom stereocenters. The molecule has 1 amide bonds. The molecule has 0 radical (unpaired) electrons. The normalized spacial score (nSPS) is 10.6. The molecule has 0 aliphatic carbocycles. The van der Waals surface area contributed by atoms with Gasteiger partial charge in [0.2, 0.25) is 5.91 Å². The van der Waals surface area contributed by atoms with Gasteiger partial charge in [0.15, 0.2) is 0 Å². The molecule has 4 heteroatoms. The van der Waals surface area contributed by atoms with Gasteiger partial charge >= 0.3 is 0 Å². The van der Waals surface area contributed by atoms with Crippen molar-refractivity contribution in [2.75, 3.05) is 20.8 Å². The summed E-state index contributed by atoms with van der Waals surface area (Å²) in [7, 11) is 3.27. The summed E-state index contributed by atoms with van der Waals surface area (Å²) in [5.41, 5.74) is 3.13. The highest BCUT2D eigenvalue weighted by molar-refractivity contribution is 5.92. The molecular weight excluding hydrogens is 302 g/mol. The number of benzene rings is 2. The van der Waals surface area contributed by atoms with Gasteiger partial charge in [-0.3, -0.25) is 4.79 Å². The first-order chi connectivity index (χ1) is 11.6. The van der Waals surface area contributed by atoms with E-state index in [1.165, 1.54) is 11.6 Å². The summed E-state index contributed by atoms with van der Waals surface area (Å²) in [6.45, 7) is 2.59. The first-order valence-electron chi connectivity index (χ1n) is 7.86. The first-order valence-corrected chi connectivity index (χ1v) is 7.86. The maximum absolute atomic E-state index is 12.0. The SMILES string of the molecule is COc1ccccc1/C=C/C(=O)NCCc1cc(C)ccc1OC. The van der Waals surface area contributed by atoms with Crippen LogP contribution in [0.1, 0.15) is 16.7 Å². The van der Waals surface area contributed by atoms with Gasteiger partial charge in [0, 0.05) is 18.2 Å². The van der Waals surface area contributed by atoms with Crippen LogP contribution in [0.2, 0.25) is 0 Å². The number of amides is 1. The second-order valence-corrected chi connectivity index (χ2v) is 5.43. The number of aryl methyl sites for hydroxylation is 1. The molecule has 0 bridgehead atoms. The zero-order valence-corrected chi connectivity index (χ0v) is 14.3. The molecule has 0 aliphatic rings. The number of para-hydroxylation sites is 1. The summed E-state index contributed by atoms with van der Waals surface area (Å²) in [6.07, 6.45) is 3.99. The summed E-state index contributed by atoms with van der Waals surface area (Å²) in [5.74, 6) is 1.46. The van der Waals surface area contributed by atoms with Gasteiger partial charge in [-0.05, 0) is 37.1 Å². The van der Waals surface area contributed by atoms with Crippen LogP contribution in [0, 0.1) is 6.92 Å². The standard InChI is InChI=1S/C20H23NO3/c1-15-8-10-19(24-3)17(14-15)12-13-21-20(22)11-9-16-6-4-5-7-18(16)23-2/h4-11,14H,12-13H2,1-3H3,(H,21,22)/b11-9+. The highest BCUT2D eigenvalue weighted by Crippen LogP contribution is 2.20. The molecule has 24 heavy (non-hydrogen) atoms. The summed E-state index contributed by atoms with van der Waals surface area (Å²) in [6, 6.07) is 13.6. The summed E-state index contributed by atoms with van der Waals surface area (Å²) >= 11 is 0. The Morgan fingerprint density at radius 3 is 2.58 bits per heavy atom. The van der Waals surface area contributed by atoms with Crippen LogP contribution >= 0.6 is 0 Å². The monoisotopic (exact) mass is 325 g/mol. The smallest absolute Gasteiger partial charge is 0.244 e. The second-order valence-electron chi connectivity index (χ2n) is 5.43. The fourth-order valence-electron chi connectivity index (χ4n) is 2.45. The lowest BCUT2D eigenvalue weighted by atomic mass is 10.1. The molecule has 2 aromatic rings. The number of carbonyl (C=O) groups excluding carboxylic acids is 1. The van der Waals surface area contributed by atoms with Gasteiger partial charge < -0.3 is 14.8 Å².